The van der Waals surface area contributed by atoms with Gasteiger partial charge in [0.05, 0.1) is 30.0 Å². The van der Waals surface area contributed by atoms with Gasteiger partial charge in [0.25, 0.3) is 0 Å². The van der Waals surface area contributed by atoms with E-state index in [2.05, 4.69) is 16.4 Å². The maximum absolute atomic E-state index is 8.53. The molecule has 1 aromatic carbocycles. The second kappa shape index (κ2) is 6.66. The lowest BCUT2D eigenvalue weighted by molar-refractivity contribution is 0.0938. The summed E-state index contributed by atoms with van der Waals surface area (Å²) in [5.41, 5.74) is 1.06. The predicted molar refractivity (Wildman–Crippen MR) is 69.2 cm³/mol. The van der Waals surface area contributed by atoms with E-state index in [9.17, 15) is 0 Å². The van der Waals surface area contributed by atoms with Gasteiger partial charge in [-0.1, -0.05) is 12.1 Å². The van der Waals surface area contributed by atoms with Gasteiger partial charge in [-0.15, -0.1) is 11.3 Å². The number of aromatic nitrogens is 1. The highest BCUT2D eigenvalue weighted by Crippen LogP contribution is 2.20. The Hall–Kier alpha value is -1.01. The number of rotatable bonds is 7. The molecule has 0 unspecified atom stereocenters. The molecule has 1 aromatic heterocycles. The molecule has 17 heavy (non-hydrogen) atoms. The summed E-state index contributed by atoms with van der Waals surface area (Å²) in [7, 11) is 0. The minimum atomic E-state index is 0.0812. The zero-order chi connectivity index (χ0) is 11.9. The number of para-hydroxylation sites is 1. The van der Waals surface area contributed by atoms with Crippen LogP contribution >= 0.6 is 11.3 Å². The molecule has 2 N–H and O–H groups in total. The molecule has 0 aliphatic rings. The van der Waals surface area contributed by atoms with Gasteiger partial charge in [-0.3, -0.25) is 0 Å². The van der Waals surface area contributed by atoms with Gasteiger partial charge in [-0.25, -0.2) is 4.98 Å². The van der Waals surface area contributed by atoms with Crippen LogP contribution in [0.1, 0.15) is 5.01 Å². The lowest BCUT2D eigenvalue weighted by Crippen LogP contribution is -2.19. The average Bonchev–Trinajstić information content (AvgIpc) is 2.76. The fraction of sp³-hybridized carbons (Fsp3) is 0.417. The van der Waals surface area contributed by atoms with Crippen LogP contribution in [-0.2, 0) is 11.3 Å². The first-order valence-electron chi connectivity index (χ1n) is 5.64. The monoisotopic (exact) mass is 252 g/mol. The smallest absolute Gasteiger partial charge is 0.108 e. The maximum Gasteiger partial charge on any atom is 0.108 e. The van der Waals surface area contributed by atoms with Crippen LogP contribution in [0.2, 0.25) is 0 Å². The van der Waals surface area contributed by atoms with E-state index in [-0.39, 0.29) is 6.61 Å². The van der Waals surface area contributed by atoms with Crippen molar-refractivity contribution in [3.8, 4) is 0 Å². The van der Waals surface area contributed by atoms with Crippen molar-refractivity contribution in [3.63, 3.8) is 0 Å². The molecule has 5 heteroatoms. The second-order valence-corrected chi connectivity index (χ2v) is 4.70. The van der Waals surface area contributed by atoms with Crippen LogP contribution in [0, 0.1) is 0 Å². The number of benzene rings is 1. The molecule has 0 aliphatic heterocycles. The standard InChI is InChI=1S/C12H16N2O2S/c15-6-8-16-7-5-13-9-12-14-10-3-1-2-4-11(10)17-12/h1-4,13,15H,5-9H2. The Morgan fingerprint density at radius 2 is 2.18 bits per heavy atom. The van der Waals surface area contributed by atoms with Crippen LogP contribution in [0.3, 0.4) is 0 Å². The highest BCUT2D eigenvalue weighted by Gasteiger charge is 2.01. The van der Waals surface area contributed by atoms with E-state index in [0.717, 1.165) is 23.6 Å². The summed E-state index contributed by atoms with van der Waals surface area (Å²) in [5, 5.41) is 12.9. The summed E-state index contributed by atoms with van der Waals surface area (Å²) in [6, 6.07) is 8.14. The van der Waals surface area contributed by atoms with Crippen molar-refractivity contribution in [3.05, 3.63) is 29.3 Å². The van der Waals surface area contributed by atoms with E-state index in [0.29, 0.717) is 13.2 Å². The first-order valence-corrected chi connectivity index (χ1v) is 6.45. The van der Waals surface area contributed by atoms with E-state index < -0.39 is 0 Å². The maximum atomic E-state index is 8.53. The molecule has 0 amide bonds. The van der Waals surface area contributed by atoms with E-state index in [4.69, 9.17) is 9.84 Å². The van der Waals surface area contributed by atoms with E-state index in [1.54, 1.807) is 11.3 Å². The molecule has 0 aliphatic carbocycles. The molecule has 92 valence electrons. The van der Waals surface area contributed by atoms with Crippen LogP contribution < -0.4 is 5.32 Å². The number of hydrogen-bond acceptors (Lipinski definition) is 5. The fourth-order valence-electron chi connectivity index (χ4n) is 1.50. The molecule has 0 atom stereocenters. The Morgan fingerprint density at radius 3 is 3.00 bits per heavy atom. The first-order chi connectivity index (χ1) is 8.40. The predicted octanol–water partition coefficient (Wildman–Crippen LogP) is 1.39. The number of nitrogens with zero attached hydrogens (tertiary/aromatic N) is 1. The van der Waals surface area contributed by atoms with Crippen molar-refractivity contribution in [2.45, 2.75) is 6.54 Å². The third-order valence-electron chi connectivity index (χ3n) is 2.27. The van der Waals surface area contributed by atoms with Crippen LogP contribution in [0.4, 0.5) is 0 Å². The van der Waals surface area contributed by atoms with Crippen molar-refractivity contribution in [2.75, 3.05) is 26.4 Å². The highest BCUT2D eigenvalue weighted by molar-refractivity contribution is 7.18. The summed E-state index contributed by atoms with van der Waals surface area (Å²) >= 11 is 1.71. The van der Waals surface area contributed by atoms with Crippen LogP contribution in [0.25, 0.3) is 10.2 Å². The number of nitrogens with one attached hydrogen (secondary N) is 1. The van der Waals surface area contributed by atoms with Crippen molar-refractivity contribution < 1.29 is 9.84 Å². The third-order valence-corrected chi connectivity index (χ3v) is 3.31. The van der Waals surface area contributed by atoms with E-state index in [1.165, 1.54) is 4.70 Å². The molecule has 0 bridgehead atoms. The quantitative estimate of drug-likeness (QED) is 0.731. The van der Waals surface area contributed by atoms with Crippen LogP contribution in [0.5, 0.6) is 0 Å². The number of fused-ring (bicyclic) bond motifs is 1. The van der Waals surface area contributed by atoms with Gasteiger partial charge < -0.3 is 15.2 Å². The molecule has 4 nitrogen and oxygen atoms in total. The average molecular weight is 252 g/mol. The summed E-state index contributed by atoms with van der Waals surface area (Å²) < 4.78 is 6.37. The van der Waals surface area contributed by atoms with Gasteiger partial charge in [0, 0.05) is 13.1 Å². The number of hydrogen-bond donors (Lipinski definition) is 2. The number of aliphatic hydroxyl groups is 1. The molecule has 0 fully saturated rings. The molecular formula is C12H16N2O2S. The van der Waals surface area contributed by atoms with Crippen molar-refractivity contribution in [1.29, 1.82) is 0 Å². The van der Waals surface area contributed by atoms with Crippen molar-refractivity contribution >= 4 is 21.6 Å². The van der Waals surface area contributed by atoms with E-state index >= 15 is 0 Å². The molecule has 0 saturated carbocycles. The Balaban J connectivity index is 1.75. The number of ether oxygens (including phenoxy) is 1. The van der Waals surface area contributed by atoms with Gasteiger partial charge in [-0.2, -0.15) is 0 Å². The third kappa shape index (κ3) is 3.74. The molecular weight excluding hydrogens is 236 g/mol. The molecule has 2 rings (SSSR count). The van der Waals surface area contributed by atoms with Gasteiger partial charge in [0.1, 0.15) is 5.01 Å². The minimum Gasteiger partial charge on any atom is -0.394 e. The summed E-state index contributed by atoms with van der Waals surface area (Å²) in [5.74, 6) is 0. The Labute approximate surface area is 104 Å². The largest absolute Gasteiger partial charge is 0.394 e. The summed E-state index contributed by atoms with van der Waals surface area (Å²) in [4.78, 5) is 4.52. The molecule has 2 aromatic rings. The lowest BCUT2D eigenvalue weighted by Gasteiger charge is -2.02. The van der Waals surface area contributed by atoms with Gasteiger partial charge in [-0.05, 0) is 12.1 Å². The molecule has 0 saturated heterocycles. The van der Waals surface area contributed by atoms with Gasteiger partial charge in [0.2, 0.25) is 0 Å². The fourth-order valence-corrected chi connectivity index (χ4v) is 2.44. The van der Waals surface area contributed by atoms with E-state index in [1.807, 2.05) is 18.2 Å². The SMILES string of the molecule is OCCOCCNCc1nc2ccccc2s1. The molecule has 0 radical (unpaired) electrons. The zero-order valence-corrected chi connectivity index (χ0v) is 10.4. The summed E-state index contributed by atoms with van der Waals surface area (Å²) in [6.45, 7) is 2.64. The molecule has 0 spiro atoms. The molecule has 1 heterocycles. The second-order valence-electron chi connectivity index (χ2n) is 3.59. The van der Waals surface area contributed by atoms with Crippen molar-refractivity contribution in [1.82, 2.24) is 10.3 Å². The zero-order valence-electron chi connectivity index (χ0n) is 9.56. The number of thiazole rings is 1. The Kier molecular flexibility index (Phi) is 4.88. The van der Waals surface area contributed by atoms with Gasteiger partial charge >= 0.3 is 0 Å². The van der Waals surface area contributed by atoms with Gasteiger partial charge in [0.15, 0.2) is 0 Å². The highest BCUT2D eigenvalue weighted by atomic mass is 32.1. The Morgan fingerprint density at radius 1 is 1.29 bits per heavy atom. The topological polar surface area (TPSA) is 54.4 Å². The first kappa shape index (κ1) is 12.4. The van der Waals surface area contributed by atoms with Crippen LogP contribution in [-0.4, -0.2) is 36.5 Å². The normalized spacial score (nSPS) is 11.1. The number of aliphatic hydroxyl groups excluding tert-OH is 1. The minimum absolute atomic E-state index is 0.0812. The summed E-state index contributed by atoms with van der Waals surface area (Å²) in [6.07, 6.45) is 0. The van der Waals surface area contributed by atoms with Crippen LogP contribution in [0.15, 0.2) is 24.3 Å². The Bertz CT molecular complexity index is 425. The lowest BCUT2D eigenvalue weighted by atomic mass is 10.3. The van der Waals surface area contributed by atoms with Crippen molar-refractivity contribution in [2.24, 2.45) is 0 Å².